The number of carbonyl (C=O) groups excluding carboxylic acids is 2. The quantitative estimate of drug-likeness (QED) is 0.634. The topological polar surface area (TPSA) is 49.4 Å². The second-order valence-corrected chi connectivity index (χ2v) is 8.72. The number of thiophene rings is 1. The maximum Gasteiger partial charge on any atom is 0.250 e. The van der Waals surface area contributed by atoms with Gasteiger partial charge in [0, 0.05) is 23.7 Å². The molecule has 30 heavy (non-hydrogen) atoms. The Bertz CT molecular complexity index is 1150. The van der Waals surface area contributed by atoms with E-state index in [1.54, 1.807) is 31.3 Å². The summed E-state index contributed by atoms with van der Waals surface area (Å²) in [5.41, 5.74) is 0.413. The third-order valence-electron chi connectivity index (χ3n) is 6.26. The molecule has 3 atom stereocenters. The number of nitrogens with zero attached hydrogens (tertiary/aromatic N) is 1. The smallest absolute Gasteiger partial charge is 0.250 e. The Labute approximate surface area is 176 Å². The predicted octanol–water partition coefficient (Wildman–Crippen LogP) is 4.40. The van der Waals surface area contributed by atoms with E-state index in [-0.39, 0.29) is 23.4 Å². The third-order valence-corrected chi connectivity index (χ3v) is 7.14. The van der Waals surface area contributed by atoms with Crippen LogP contribution in [0.5, 0.6) is 0 Å². The van der Waals surface area contributed by atoms with Crippen LogP contribution in [0.3, 0.4) is 0 Å². The van der Waals surface area contributed by atoms with Gasteiger partial charge in [-0.2, -0.15) is 0 Å². The Morgan fingerprint density at radius 3 is 2.57 bits per heavy atom. The zero-order valence-electron chi connectivity index (χ0n) is 16.1. The summed E-state index contributed by atoms with van der Waals surface area (Å²) in [5, 5.41) is 4.66. The van der Waals surface area contributed by atoms with Crippen LogP contribution in [0.2, 0.25) is 0 Å². The zero-order chi connectivity index (χ0) is 21.0. The van der Waals surface area contributed by atoms with Crippen LogP contribution in [0, 0.1) is 17.6 Å². The first-order valence-corrected chi connectivity index (χ1v) is 10.5. The summed E-state index contributed by atoms with van der Waals surface area (Å²) in [6.07, 6.45) is 0. The minimum Gasteiger partial charge on any atom is -0.324 e. The number of fused-ring (bicyclic) bond motifs is 2. The van der Waals surface area contributed by atoms with Crippen molar-refractivity contribution in [1.82, 2.24) is 4.90 Å². The maximum atomic E-state index is 14.2. The lowest BCUT2D eigenvalue weighted by Gasteiger charge is -2.35. The number of likely N-dealkylation sites (tertiary alicyclic amines) is 1. The second kappa shape index (κ2) is 6.82. The zero-order valence-corrected chi connectivity index (χ0v) is 16.9. The summed E-state index contributed by atoms with van der Waals surface area (Å²) in [7, 11) is 1.78. The SMILES string of the molecule is CN1C[C@H](c2ccc(F)cc2)[C@@H](C(=O)c2cccs2)[C@@]12C(=O)Nc1ccc(F)cc12. The summed E-state index contributed by atoms with van der Waals surface area (Å²) in [5.74, 6) is -2.49. The van der Waals surface area contributed by atoms with Crippen LogP contribution in [-0.2, 0) is 10.3 Å². The van der Waals surface area contributed by atoms with Gasteiger partial charge in [0.15, 0.2) is 5.78 Å². The lowest BCUT2D eigenvalue weighted by atomic mass is 9.71. The molecule has 1 amide bonds. The van der Waals surface area contributed by atoms with E-state index >= 15 is 0 Å². The van der Waals surface area contributed by atoms with Crippen molar-refractivity contribution in [1.29, 1.82) is 0 Å². The molecule has 1 N–H and O–H groups in total. The van der Waals surface area contributed by atoms with Crippen molar-refractivity contribution in [3.05, 3.63) is 87.6 Å². The van der Waals surface area contributed by atoms with E-state index in [9.17, 15) is 18.4 Å². The number of hydrogen-bond acceptors (Lipinski definition) is 4. The third kappa shape index (κ3) is 2.58. The van der Waals surface area contributed by atoms with Crippen LogP contribution >= 0.6 is 11.3 Å². The van der Waals surface area contributed by atoms with Crippen LogP contribution in [0.15, 0.2) is 60.0 Å². The monoisotopic (exact) mass is 424 g/mol. The molecule has 1 fully saturated rings. The van der Waals surface area contributed by atoms with Gasteiger partial charge in [-0.3, -0.25) is 14.5 Å². The molecular formula is C23H18F2N2O2S. The van der Waals surface area contributed by atoms with Crippen molar-refractivity contribution < 1.29 is 18.4 Å². The molecule has 0 unspecified atom stereocenters. The highest BCUT2D eigenvalue weighted by molar-refractivity contribution is 7.12. The second-order valence-electron chi connectivity index (χ2n) is 7.77. The van der Waals surface area contributed by atoms with Gasteiger partial charge in [0.2, 0.25) is 5.91 Å². The Balaban J connectivity index is 1.74. The minimum absolute atomic E-state index is 0.170. The number of likely N-dealkylation sites (N-methyl/N-ethyl adjacent to an activating group) is 1. The van der Waals surface area contributed by atoms with Gasteiger partial charge < -0.3 is 5.32 Å². The van der Waals surface area contributed by atoms with Gasteiger partial charge in [-0.25, -0.2) is 8.78 Å². The highest BCUT2D eigenvalue weighted by atomic mass is 32.1. The first kappa shape index (κ1) is 19.1. The van der Waals surface area contributed by atoms with Gasteiger partial charge in [-0.05, 0) is 54.4 Å². The molecule has 1 aromatic heterocycles. The largest absolute Gasteiger partial charge is 0.324 e. The van der Waals surface area contributed by atoms with Gasteiger partial charge in [0.25, 0.3) is 0 Å². The molecule has 5 rings (SSSR count). The van der Waals surface area contributed by atoms with E-state index in [0.29, 0.717) is 22.7 Å². The molecule has 3 heterocycles. The molecule has 2 aliphatic rings. The predicted molar refractivity (Wildman–Crippen MR) is 111 cm³/mol. The fourth-order valence-corrected chi connectivity index (χ4v) is 5.70. The maximum absolute atomic E-state index is 14.2. The van der Waals surface area contributed by atoms with E-state index in [2.05, 4.69) is 5.32 Å². The van der Waals surface area contributed by atoms with Crippen molar-refractivity contribution in [2.75, 3.05) is 18.9 Å². The summed E-state index contributed by atoms with van der Waals surface area (Å²) in [4.78, 5) is 29.5. The van der Waals surface area contributed by atoms with Gasteiger partial charge in [0.05, 0.1) is 10.8 Å². The van der Waals surface area contributed by atoms with Gasteiger partial charge in [-0.15, -0.1) is 11.3 Å². The van der Waals surface area contributed by atoms with E-state index < -0.39 is 17.3 Å². The van der Waals surface area contributed by atoms with Gasteiger partial charge in [-0.1, -0.05) is 18.2 Å². The normalized spacial score (nSPS) is 25.5. The summed E-state index contributed by atoms with van der Waals surface area (Å²) < 4.78 is 27.8. The Morgan fingerprint density at radius 1 is 1.13 bits per heavy atom. The van der Waals surface area contributed by atoms with E-state index in [4.69, 9.17) is 0 Å². The highest BCUT2D eigenvalue weighted by Gasteiger charge is 2.64. The number of hydrogen-bond donors (Lipinski definition) is 1. The van der Waals surface area contributed by atoms with E-state index in [1.807, 2.05) is 10.3 Å². The number of rotatable bonds is 3. The van der Waals surface area contributed by atoms with E-state index in [0.717, 1.165) is 5.56 Å². The Hall–Kier alpha value is -2.90. The van der Waals surface area contributed by atoms with Crippen LogP contribution in [0.25, 0.3) is 0 Å². The fourth-order valence-electron chi connectivity index (χ4n) is 4.99. The summed E-state index contributed by atoms with van der Waals surface area (Å²) in [6.45, 7) is 0.400. The molecule has 2 aromatic carbocycles. The molecule has 0 bridgehead atoms. The first-order valence-electron chi connectivity index (χ1n) is 9.59. The molecule has 0 saturated carbocycles. The number of halogens is 2. The molecule has 152 valence electrons. The van der Waals surface area contributed by atoms with Crippen molar-refractivity contribution in [3.8, 4) is 0 Å². The van der Waals surface area contributed by atoms with Crippen molar-refractivity contribution in [2.45, 2.75) is 11.5 Å². The van der Waals surface area contributed by atoms with Crippen LogP contribution in [-0.4, -0.2) is 30.2 Å². The number of Topliss-reactive ketones (excluding diaryl/α,β-unsaturated/α-hetero) is 1. The van der Waals surface area contributed by atoms with Crippen molar-refractivity contribution in [3.63, 3.8) is 0 Å². The summed E-state index contributed by atoms with van der Waals surface area (Å²) in [6, 6.07) is 13.7. The van der Waals surface area contributed by atoms with Crippen molar-refractivity contribution in [2.24, 2.45) is 5.92 Å². The standard InChI is InChI=1S/C23H18F2N2O2S/c1-27-12-16(13-4-6-14(24)7-5-13)20(21(28)19-3-2-10-30-19)23(27)17-11-15(25)8-9-18(17)26-22(23)29/h2-11,16,20H,12H2,1H3,(H,26,29)/t16-,20+,23+/m1/s1. The molecule has 1 saturated heterocycles. The molecule has 0 aliphatic carbocycles. The number of carbonyl (C=O) groups is 2. The molecule has 7 heteroatoms. The average Bonchev–Trinajstić information content (AvgIpc) is 3.42. The Kier molecular flexibility index (Phi) is 4.34. The number of nitrogens with one attached hydrogen (secondary N) is 1. The molecule has 4 nitrogen and oxygen atoms in total. The highest BCUT2D eigenvalue weighted by Crippen LogP contribution is 2.55. The molecule has 3 aromatic rings. The number of ketones is 1. The molecule has 1 spiro atoms. The lowest BCUT2D eigenvalue weighted by molar-refractivity contribution is -0.126. The molecular weight excluding hydrogens is 406 g/mol. The van der Waals surface area contributed by atoms with Crippen LogP contribution in [0.1, 0.15) is 26.7 Å². The first-order chi connectivity index (χ1) is 14.4. The number of anilines is 1. The van der Waals surface area contributed by atoms with Gasteiger partial charge in [0.1, 0.15) is 17.2 Å². The molecule has 0 radical (unpaired) electrons. The van der Waals surface area contributed by atoms with Crippen molar-refractivity contribution >= 4 is 28.7 Å². The Morgan fingerprint density at radius 2 is 1.87 bits per heavy atom. The van der Waals surface area contributed by atoms with Gasteiger partial charge >= 0.3 is 0 Å². The summed E-state index contributed by atoms with van der Waals surface area (Å²) >= 11 is 1.31. The number of amides is 1. The van der Waals surface area contributed by atoms with E-state index in [1.165, 1.54) is 41.7 Å². The number of benzene rings is 2. The van der Waals surface area contributed by atoms with Crippen LogP contribution in [0.4, 0.5) is 14.5 Å². The fraction of sp³-hybridized carbons (Fsp3) is 0.217. The average molecular weight is 424 g/mol. The lowest BCUT2D eigenvalue weighted by Crippen LogP contribution is -2.51. The van der Waals surface area contributed by atoms with Crippen LogP contribution < -0.4 is 5.32 Å². The minimum atomic E-state index is -1.34. The molecule has 2 aliphatic heterocycles.